The summed E-state index contributed by atoms with van der Waals surface area (Å²) in [5.74, 6) is 0. The number of aromatic amines is 1. The number of likely N-dealkylation sites (tertiary alicyclic amines) is 1. The van der Waals surface area contributed by atoms with E-state index in [9.17, 15) is 0 Å². The third kappa shape index (κ3) is 2.96. The molecule has 1 aromatic rings. The van der Waals surface area contributed by atoms with Crippen molar-refractivity contribution in [3.63, 3.8) is 0 Å². The Morgan fingerprint density at radius 1 is 1.41 bits per heavy atom. The second kappa shape index (κ2) is 5.78. The monoisotopic (exact) mass is 250 g/mol. The predicted octanol–water partition coefficient (Wildman–Crippen LogP) is 3.99. The van der Waals surface area contributed by atoms with Crippen molar-refractivity contribution in [1.29, 1.82) is 0 Å². The SMILES string of the molecule is CCCN1CCCCC1c1ccc(=S)[nH]c1C. The normalized spacial score (nSPS) is 21.6. The topological polar surface area (TPSA) is 19.0 Å². The predicted molar refractivity (Wildman–Crippen MR) is 74.8 cm³/mol. The molecule has 0 aromatic carbocycles. The molecule has 2 rings (SSSR count). The van der Waals surface area contributed by atoms with Gasteiger partial charge in [-0.2, -0.15) is 0 Å². The smallest absolute Gasteiger partial charge is 0.103 e. The van der Waals surface area contributed by atoms with Gasteiger partial charge in [-0.05, 0) is 50.9 Å². The number of aromatic nitrogens is 1. The van der Waals surface area contributed by atoms with Gasteiger partial charge in [-0.1, -0.05) is 31.6 Å². The maximum absolute atomic E-state index is 5.17. The van der Waals surface area contributed by atoms with Gasteiger partial charge >= 0.3 is 0 Å². The fraction of sp³-hybridized carbons (Fsp3) is 0.643. The zero-order chi connectivity index (χ0) is 12.3. The minimum absolute atomic E-state index is 0.593. The molecule has 1 N–H and O–H groups in total. The molecule has 3 heteroatoms. The molecule has 17 heavy (non-hydrogen) atoms. The highest BCUT2D eigenvalue weighted by Gasteiger charge is 2.24. The molecule has 1 aliphatic heterocycles. The summed E-state index contributed by atoms with van der Waals surface area (Å²) in [6.45, 7) is 6.86. The summed E-state index contributed by atoms with van der Waals surface area (Å²) in [5.41, 5.74) is 2.68. The van der Waals surface area contributed by atoms with Gasteiger partial charge in [-0.15, -0.1) is 0 Å². The summed E-state index contributed by atoms with van der Waals surface area (Å²) >= 11 is 5.17. The van der Waals surface area contributed by atoms with Crippen LogP contribution in [0.5, 0.6) is 0 Å². The summed E-state index contributed by atoms with van der Waals surface area (Å²) in [7, 11) is 0. The highest BCUT2D eigenvalue weighted by molar-refractivity contribution is 7.71. The third-order valence-corrected chi connectivity index (χ3v) is 3.88. The average Bonchev–Trinajstić information content (AvgIpc) is 2.31. The maximum Gasteiger partial charge on any atom is 0.103 e. The number of rotatable bonds is 3. The van der Waals surface area contributed by atoms with Crippen LogP contribution in [0.4, 0.5) is 0 Å². The van der Waals surface area contributed by atoms with Gasteiger partial charge in [-0.25, -0.2) is 0 Å². The molecule has 2 nitrogen and oxygen atoms in total. The van der Waals surface area contributed by atoms with Gasteiger partial charge in [0.2, 0.25) is 0 Å². The second-order valence-electron chi connectivity index (χ2n) is 4.95. The van der Waals surface area contributed by atoms with Crippen LogP contribution in [0.15, 0.2) is 12.1 Å². The zero-order valence-corrected chi connectivity index (χ0v) is 11.6. The number of H-pyrrole nitrogens is 1. The first-order valence-corrected chi connectivity index (χ1v) is 7.07. The van der Waals surface area contributed by atoms with Crippen LogP contribution in [-0.4, -0.2) is 23.0 Å². The van der Waals surface area contributed by atoms with Crippen LogP contribution in [0.3, 0.4) is 0 Å². The van der Waals surface area contributed by atoms with Gasteiger partial charge in [0.25, 0.3) is 0 Å². The van der Waals surface area contributed by atoms with Crippen LogP contribution in [0.25, 0.3) is 0 Å². The van der Waals surface area contributed by atoms with E-state index in [1.807, 2.05) is 6.07 Å². The molecule has 2 heterocycles. The van der Waals surface area contributed by atoms with Crippen LogP contribution in [0.1, 0.15) is 49.9 Å². The third-order valence-electron chi connectivity index (χ3n) is 3.64. The molecule has 0 saturated carbocycles. The van der Waals surface area contributed by atoms with Gasteiger partial charge in [0.05, 0.1) is 0 Å². The molecule has 1 aliphatic rings. The van der Waals surface area contributed by atoms with Gasteiger partial charge in [0.1, 0.15) is 4.64 Å². The Bertz CT molecular complexity index is 422. The summed E-state index contributed by atoms with van der Waals surface area (Å²) in [5, 5.41) is 0. The standard InChI is InChI=1S/C14H22N2S/c1-3-9-16-10-5-4-6-13(16)12-7-8-14(17)15-11(12)2/h7-8,13H,3-6,9-10H2,1-2H3,(H,15,17). The first-order valence-electron chi connectivity index (χ1n) is 6.66. The Kier molecular flexibility index (Phi) is 4.35. The zero-order valence-electron chi connectivity index (χ0n) is 10.8. The quantitative estimate of drug-likeness (QED) is 0.818. The Labute approximate surface area is 109 Å². The molecule has 0 amide bonds. The highest BCUT2D eigenvalue weighted by atomic mass is 32.1. The lowest BCUT2D eigenvalue weighted by atomic mass is 9.94. The van der Waals surface area contributed by atoms with E-state index >= 15 is 0 Å². The first kappa shape index (κ1) is 12.8. The van der Waals surface area contributed by atoms with Gasteiger partial charge in [0.15, 0.2) is 0 Å². The van der Waals surface area contributed by atoms with E-state index in [2.05, 4.69) is 29.8 Å². The Balaban J connectivity index is 2.26. The molecular weight excluding hydrogens is 228 g/mol. The largest absolute Gasteiger partial charge is 0.350 e. The van der Waals surface area contributed by atoms with Crippen molar-refractivity contribution in [3.8, 4) is 0 Å². The number of nitrogens with zero attached hydrogens (tertiary/aromatic N) is 1. The van der Waals surface area contributed by atoms with Crippen molar-refractivity contribution in [2.45, 2.75) is 45.6 Å². The lowest BCUT2D eigenvalue weighted by Crippen LogP contribution is -2.34. The van der Waals surface area contributed by atoms with Crippen molar-refractivity contribution in [1.82, 2.24) is 9.88 Å². The van der Waals surface area contributed by atoms with Crippen molar-refractivity contribution in [2.75, 3.05) is 13.1 Å². The number of hydrogen-bond donors (Lipinski definition) is 1. The number of pyridine rings is 1. The van der Waals surface area contributed by atoms with Crippen molar-refractivity contribution in [2.24, 2.45) is 0 Å². The van der Waals surface area contributed by atoms with Gasteiger partial charge < -0.3 is 4.98 Å². The Hall–Kier alpha value is -0.670. The van der Waals surface area contributed by atoms with Crippen LogP contribution in [-0.2, 0) is 0 Å². The van der Waals surface area contributed by atoms with Crippen LogP contribution in [0.2, 0.25) is 0 Å². The van der Waals surface area contributed by atoms with E-state index in [1.165, 1.54) is 50.0 Å². The summed E-state index contributed by atoms with van der Waals surface area (Å²) in [4.78, 5) is 5.91. The minimum atomic E-state index is 0.593. The molecule has 0 aliphatic carbocycles. The average molecular weight is 250 g/mol. The molecule has 1 atom stereocenters. The number of aryl methyl sites for hydroxylation is 1. The molecule has 1 saturated heterocycles. The molecule has 0 bridgehead atoms. The summed E-state index contributed by atoms with van der Waals surface area (Å²) in [6, 6.07) is 4.83. The van der Waals surface area contributed by atoms with E-state index in [4.69, 9.17) is 12.2 Å². The summed E-state index contributed by atoms with van der Waals surface area (Å²) < 4.78 is 0.837. The molecule has 0 radical (unpaired) electrons. The molecule has 1 unspecified atom stereocenters. The number of hydrogen-bond acceptors (Lipinski definition) is 2. The van der Waals surface area contributed by atoms with E-state index < -0.39 is 0 Å². The van der Waals surface area contributed by atoms with E-state index in [0.29, 0.717) is 6.04 Å². The fourth-order valence-corrected chi connectivity index (χ4v) is 3.07. The molecule has 1 aromatic heterocycles. The van der Waals surface area contributed by atoms with E-state index in [-0.39, 0.29) is 0 Å². The minimum Gasteiger partial charge on any atom is -0.350 e. The Morgan fingerprint density at radius 3 is 2.94 bits per heavy atom. The molecule has 1 fully saturated rings. The van der Waals surface area contributed by atoms with Crippen LogP contribution in [0, 0.1) is 11.6 Å². The first-order chi connectivity index (χ1) is 8.22. The maximum atomic E-state index is 5.17. The number of nitrogens with one attached hydrogen (secondary N) is 1. The van der Waals surface area contributed by atoms with Crippen molar-refractivity contribution in [3.05, 3.63) is 28.0 Å². The van der Waals surface area contributed by atoms with Crippen LogP contribution >= 0.6 is 12.2 Å². The van der Waals surface area contributed by atoms with Crippen LogP contribution < -0.4 is 0 Å². The fourth-order valence-electron chi connectivity index (χ4n) is 2.85. The number of piperidine rings is 1. The second-order valence-corrected chi connectivity index (χ2v) is 5.39. The lowest BCUT2D eigenvalue weighted by molar-refractivity contribution is 0.148. The van der Waals surface area contributed by atoms with Gasteiger partial charge in [-0.3, -0.25) is 4.90 Å². The van der Waals surface area contributed by atoms with Crippen molar-refractivity contribution < 1.29 is 0 Å². The van der Waals surface area contributed by atoms with E-state index in [0.717, 1.165) is 4.64 Å². The highest BCUT2D eigenvalue weighted by Crippen LogP contribution is 2.31. The van der Waals surface area contributed by atoms with Crippen molar-refractivity contribution >= 4 is 12.2 Å². The molecule has 0 spiro atoms. The van der Waals surface area contributed by atoms with E-state index in [1.54, 1.807) is 0 Å². The van der Waals surface area contributed by atoms with Gasteiger partial charge in [0, 0.05) is 11.7 Å². The summed E-state index contributed by atoms with van der Waals surface area (Å²) in [6.07, 6.45) is 5.21. The molecule has 94 valence electrons. The molecular formula is C14H22N2S. The Morgan fingerprint density at radius 2 is 2.24 bits per heavy atom. The lowest BCUT2D eigenvalue weighted by Gasteiger charge is -2.36.